The summed E-state index contributed by atoms with van der Waals surface area (Å²) in [5, 5.41) is 1.03. The molecule has 0 radical (unpaired) electrons. The number of carbonyl (C=O) groups excluding carboxylic acids is 1. The first-order chi connectivity index (χ1) is 14.5. The van der Waals surface area contributed by atoms with Gasteiger partial charge in [0.1, 0.15) is 16.5 Å². The van der Waals surface area contributed by atoms with E-state index < -0.39 is 0 Å². The lowest BCUT2D eigenvalue weighted by atomic mass is 10.1. The number of hydrogen-bond acceptors (Lipinski definition) is 6. The van der Waals surface area contributed by atoms with Crippen LogP contribution in [0.1, 0.15) is 21.1 Å². The Bertz CT molecular complexity index is 1020. The van der Waals surface area contributed by atoms with Crippen LogP contribution in [0.4, 0.5) is 15.1 Å². The number of amides is 1. The van der Waals surface area contributed by atoms with Crippen LogP contribution in [0.15, 0.2) is 42.4 Å². The third-order valence-corrected chi connectivity index (χ3v) is 6.37. The number of allylic oxidation sites excluding steroid dienone is 1. The fourth-order valence-corrected chi connectivity index (χ4v) is 4.63. The van der Waals surface area contributed by atoms with Crippen LogP contribution in [0, 0.1) is 5.82 Å². The number of anilines is 1. The zero-order chi connectivity index (χ0) is 21.3. The summed E-state index contributed by atoms with van der Waals surface area (Å²) in [6.07, 6.45) is 3.90. The van der Waals surface area contributed by atoms with Crippen molar-refractivity contribution in [1.82, 2.24) is 14.8 Å². The standard InChI is InChI=1S/C22H24FN5OS/c1-4-8-24-20-19(15(2)28-9-7-16-14-17(23)5-6-18(16)28)25-21(30-20)22(29)27-12-10-26(3)11-13-27/h4-6,8,14H,1-2,7,9-13H2,3H3. The second-order valence-electron chi connectivity index (χ2n) is 7.40. The lowest BCUT2D eigenvalue weighted by Gasteiger charge is -2.31. The molecule has 1 aromatic heterocycles. The average molecular weight is 426 g/mol. The van der Waals surface area contributed by atoms with E-state index in [-0.39, 0.29) is 11.7 Å². The molecule has 1 saturated heterocycles. The van der Waals surface area contributed by atoms with E-state index in [0.29, 0.717) is 41.0 Å². The van der Waals surface area contributed by atoms with E-state index in [1.807, 2.05) is 9.80 Å². The Morgan fingerprint density at radius 2 is 2.03 bits per heavy atom. The number of piperazine rings is 1. The van der Waals surface area contributed by atoms with Crippen molar-refractivity contribution < 1.29 is 9.18 Å². The zero-order valence-corrected chi connectivity index (χ0v) is 17.8. The molecule has 0 atom stereocenters. The second-order valence-corrected chi connectivity index (χ2v) is 8.38. The van der Waals surface area contributed by atoms with Gasteiger partial charge in [0, 0.05) is 44.6 Å². The van der Waals surface area contributed by atoms with Crippen LogP contribution >= 0.6 is 11.3 Å². The van der Waals surface area contributed by atoms with Crippen LogP contribution in [0.3, 0.4) is 0 Å². The number of thiazole rings is 1. The summed E-state index contributed by atoms with van der Waals surface area (Å²) in [4.78, 5) is 28.1. The van der Waals surface area contributed by atoms with Gasteiger partial charge in [-0.25, -0.2) is 14.4 Å². The van der Waals surface area contributed by atoms with Crippen molar-refractivity contribution in [1.29, 1.82) is 0 Å². The van der Waals surface area contributed by atoms with E-state index in [0.717, 1.165) is 30.8 Å². The summed E-state index contributed by atoms with van der Waals surface area (Å²) in [5.41, 5.74) is 3.09. The number of hydrogen-bond donors (Lipinski definition) is 0. The molecule has 30 heavy (non-hydrogen) atoms. The molecule has 2 aliphatic heterocycles. The Morgan fingerprint density at radius 1 is 1.27 bits per heavy atom. The number of benzene rings is 1. The highest BCUT2D eigenvalue weighted by Crippen LogP contribution is 2.39. The number of aliphatic imine (C=N–C) groups is 1. The Balaban J connectivity index is 1.64. The van der Waals surface area contributed by atoms with Crippen LogP contribution in [0.5, 0.6) is 0 Å². The summed E-state index contributed by atoms with van der Waals surface area (Å²) in [6, 6.07) is 4.77. The minimum atomic E-state index is -0.244. The average Bonchev–Trinajstić information content (AvgIpc) is 3.36. The van der Waals surface area contributed by atoms with Crippen molar-refractivity contribution in [2.24, 2.45) is 4.99 Å². The van der Waals surface area contributed by atoms with E-state index in [1.165, 1.54) is 17.4 Å². The van der Waals surface area contributed by atoms with Gasteiger partial charge in [-0.1, -0.05) is 30.6 Å². The molecular formula is C22H24FN5OS. The molecule has 4 rings (SSSR count). The fraction of sp³-hybridized carbons (Fsp3) is 0.318. The van der Waals surface area contributed by atoms with Gasteiger partial charge in [-0.05, 0) is 37.2 Å². The molecule has 0 aliphatic carbocycles. The monoisotopic (exact) mass is 425 g/mol. The lowest BCUT2D eigenvalue weighted by molar-refractivity contribution is 0.0663. The van der Waals surface area contributed by atoms with Gasteiger partial charge in [-0.3, -0.25) is 4.79 Å². The first-order valence-electron chi connectivity index (χ1n) is 9.87. The number of carbonyl (C=O) groups is 1. The zero-order valence-electron chi connectivity index (χ0n) is 17.0. The third-order valence-electron chi connectivity index (χ3n) is 5.42. The normalized spacial score (nSPS) is 16.9. The van der Waals surface area contributed by atoms with Gasteiger partial charge >= 0.3 is 0 Å². The molecule has 0 spiro atoms. The van der Waals surface area contributed by atoms with Crippen molar-refractivity contribution in [2.75, 3.05) is 44.7 Å². The molecule has 0 N–H and O–H groups in total. The predicted molar refractivity (Wildman–Crippen MR) is 120 cm³/mol. The predicted octanol–water partition coefficient (Wildman–Crippen LogP) is 3.59. The van der Waals surface area contributed by atoms with Crippen molar-refractivity contribution in [3.05, 3.63) is 59.5 Å². The number of fused-ring (bicyclic) bond motifs is 1. The molecule has 0 unspecified atom stereocenters. The van der Waals surface area contributed by atoms with Crippen LogP contribution in [-0.2, 0) is 6.42 Å². The molecule has 0 bridgehead atoms. The van der Waals surface area contributed by atoms with Gasteiger partial charge in [-0.15, -0.1) is 0 Å². The van der Waals surface area contributed by atoms with Crippen LogP contribution in [-0.4, -0.2) is 66.7 Å². The van der Waals surface area contributed by atoms with E-state index in [2.05, 4.69) is 35.1 Å². The van der Waals surface area contributed by atoms with Gasteiger partial charge in [0.05, 0.1) is 5.70 Å². The first-order valence-corrected chi connectivity index (χ1v) is 10.7. The quantitative estimate of drug-likeness (QED) is 0.687. The number of aromatic nitrogens is 1. The summed E-state index contributed by atoms with van der Waals surface area (Å²) in [6.45, 7) is 11.7. The van der Waals surface area contributed by atoms with Crippen molar-refractivity contribution >= 4 is 39.8 Å². The summed E-state index contributed by atoms with van der Waals surface area (Å²) in [7, 11) is 2.05. The third kappa shape index (κ3) is 3.93. The first kappa shape index (κ1) is 20.4. The van der Waals surface area contributed by atoms with Crippen LogP contribution < -0.4 is 4.90 Å². The van der Waals surface area contributed by atoms with Crippen molar-refractivity contribution in [3.63, 3.8) is 0 Å². The lowest BCUT2D eigenvalue weighted by Crippen LogP contribution is -2.47. The number of likely N-dealkylation sites (N-methyl/N-ethyl adjacent to an activating group) is 1. The minimum absolute atomic E-state index is 0.0777. The van der Waals surface area contributed by atoms with Gasteiger partial charge in [-0.2, -0.15) is 0 Å². The SMILES string of the molecule is C=CC=Nc1sc(C(=O)N2CCN(C)CC2)nc1C(=C)N1CCc2cc(F)ccc21. The number of nitrogens with zero attached hydrogens (tertiary/aromatic N) is 5. The Hall–Kier alpha value is -2.84. The second kappa shape index (κ2) is 8.49. The molecule has 8 heteroatoms. The molecule has 0 saturated carbocycles. The van der Waals surface area contributed by atoms with E-state index >= 15 is 0 Å². The van der Waals surface area contributed by atoms with Crippen molar-refractivity contribution in [3.8, 4) is 0 Å². The van der Waals surface area contributed by atoms with Gasteiger partial charge < -0.3 is 14.7 Å². The number of rotatable bonds is 5. The maximum absolute atomic E-state index is 13.6. The number of halogens is 1. The van der Waals surface area contributed by atoms with Crippen LogP contribution in [0.2, 0.25) is 0 Å². The molecule has 156 valence electrons. The molecule has 1 aromatic carbocycles. The van der Waals surface area contributed by atoms with Gasteiger partial charge in [0.2, 0.25) is 0 Å². The molecule has 1 fully saturated rings. The smallest absolute Gasteiger partial charge is 0.283 e. The van der Waals surface area contributed by atoms with Crippen molar-refractivity contribution in [2.45, 2.75) is 6.42 Å². The summed E-state index contributed by atoms with van der Waals surface area (Å²) >= 11 is 1.26. The van der Waals surface area contributed by atoms with E-state index in [1.54, 1.807) is 24.4 Å². The highest BCUT2D eigenvalue weighted by Gasteiger charge is 2.29. The van der Waals surface area contributed by atoms with E-state index in [4.69, 9.17) is 0 Å². The maximum Gasteiger partial charge on any atom is 0.283 e. The topological polar surface area (TPSA) is 52.0 Å². The van der Waals surface area contributed by atoms with E-state index in [9.17, 15) is 9.18 Å². The highest BCUT2D eigenvalue weighted by atomic mass is 32.1. The summed E-state index contributed by atoms with van der Waals surface area (Å²) in [5.74, 6) is -0.322. The Kier molecular flexibility index (Phi) is 5.78. The largest absolute Gasteiger partial charge is 0.340 e. The molecule has 2 aromatic rings. The minimum Gasteiger partial charge on any atom is -0.340 e. The van der Waals surface area contributed by atoms with Gasteiger partial charge in [0.25, 0.3) is 5.91 Å². The fourth-order valence-electron chi connectivity index (χ4n) is 3.72. The molecule has 3 heterocycles. The maximum atomic E-state index is 13.6. The highest BCUT2D eigenvalue weighted by molar-refractivity contribution is 7.17. The summed E-state index contributed by atoms with van der Waals surface area (Å²) < 4.78 is 13.6. The molecule has 1 amide bonds. The molecule has 6 nitrogen and oxygen atoms in total. The molecule has 2 aliphatic rings. The Morgan fingerprint density at radius 3 is 2.77 bits per heavy atom. The van der Waals surface area contributed by atoms with Crippen LogP contribution in [0.25, 0.3) is 5.70 Å². The van der Waals surface area contributed by atoms with Gasteiger partial charge in [0.15, 0.2) is 5.01 Å². The Labute approximate surface area is 179 Å². The molecular weight excluding hydrogens is 401 g/mol.